The van der Waals surface area contributed by atoms with Crippen molar-refractivity contribution in [2.24, 2.45) is 5.41 Å². The van der Waals surface area contributed by atoms with E-state index >= 15 is 0 Å². The van der Waals surface area contributed by atoms with E-state index in [1.165, 1.54) is 4.31 Å². The van der Waals surface area contributed by atoms with E-state index < -0.39 is 27.6 Å². The molecule has 0 spiro atoms. The van der Waals surface area contributed by atoms with Crippen molar-refractivity contribution in [1.82, 2.24) is 9.03 Å². The van der Waals surface area contributed by atoms with Crippen molar-refractivity contribution in [3.05, 3.63) is 0 Å². The molecule has 2 N–H and O–H groups in total. The molecule has 4 atom stereocenters. The first-order valence-corrected chi connectivity index (χ1v) is 8.75. The maximum absolute atomic E-state index is 12.5. The van der Waals surface area contributed by atoms with Crippen molar-refractivity contribution in [1.29, 1.82) is 0 Å². The van der Waals surface area contributed by atoms with Gasteiger partial charge in [0, 0.05) is 19.1 Å². The Labute approximate surface area is 125 Å². The summed E-state index contributed by atoms with van der Waals surface area (Å²) in [4.78, 5) is 11.4. The number of carboxylic acid groups (broad SMARTS) is 1. The predicted molar refractivity (Wildman–Crippen MR) is 77.0 cm³/mol. The molecule has 2 aliphatic rings. The zero-order chi connectivity index (χ0) is 15.8. The third-order valence-electron chi connectivity index (χ3n) is 4.46. The highest BCUT2D eigenvalue weighted by Crippen LogP contribution is 2.38. The number of hydrogen-bond donors (Lipinski definition) is 2. The molecule has 1 heterocycles. The molecule has 7 nitrogen and oxygen atoms in total. The van der Waals surface area contributed by atoms with Gasteiger partial charge < -0.3 is 9.84 Å². The minimum atomic E-state index is -3.70. The van der Waals surface area contributed by atoms with E-state index in [0.29, 0.717) is 19.3 Å². The van der Waals surface area contributed by atoms with Crippen LogP contribution in [0.1, 0.15) is 40.0 Å². The summed E-state index contributed by atoms with van der Waals surface area (Å²) in [5, 5.41) is 9.37. The summed E-state index contributed by atoms with van der Waals surface area (Å²) in [6.07, 6.45) is 1.42. The first kappa shape index (κ1) is 16.7. The summed E-state index contributed by atoms with van der Waals surface area (Å²) in [5.41, 5.74) is -1.03. The van der Waals surface area contributed by atoms with Crippen LogP contribution in [0.15, 0.2) is 0 Å². The zero-order valence-corrected chi connectivity index (χ0v) is 13.5. The SMILES string of the molecule is CC1CN(S(=O)(=O)NC2CCCC2(C)C(=O)O)CC(C)O1. The van der Waals surface area contributed by atoms with Crippen molar-refractivity contribution in [3.63, 3.8) is 0 Å². The molecule has 0 radical (unpaired) electrons. The molecule has 1 saturated carbocycles. The van der Waals surface area contributed by atoms with Crippen LogP contribution >= 0.6 is 0 Å². The Morgan fingerprint density at radius 3 is 2.43 bits per heavy atom. The van der Waals surface area contributed by atoms with E-state index in [9.17, 15) is 18.3 Å². The van der Waals surface area contributed by atoms with Gasteiger partial charge in [-0.3, -0.25) is 4.79 Å². The van der Waals surface area contributed by atoms with E-state index in [-0.39, 0.29) is 25.3 Å². The fraction of sp³-hybridized carbons (Fsp3) is 0.923. The van der Waals surface area contributed by atoms with Gasteiger partial charge in [0.15, 0.2) is 0 Å². The van der Waals surface area contributed by atoms with Crippen LogP contribution in [0, 0.1) is 5.41 Å². The molecule has 1 aliphatic carbocycles. The van der Waals surface area contributed by atoms with Gasteiger partial charge in [-0.2, -0.15) is 17.4 Å². The Balaban J connectivity index is 2.12. The van der Waals surface area contributed by atoms with Gasteiger partial charge >= 0.3 is 5.97 Å². The molecule has 2 fully saturated rings. The van der Waals surface area contributed by atoms with Gasteiger partial charge in [0.1, 0.15) is 0 Å². The van der Waals surface area contributed by atoms with Gasteiger partial charge in [0.05, 0.1) is 17.6 Å². The monoisotopic (exact) mass is 320 g/mol. The molecule has 0 aromatic rings. The number of carboxylic acids is 1. The fourth-order valence-electron chi connectivity index (χ4n) is 3.19. The summed E-state index contributed by atoms with van der Waals surface area (Å²) in [5.74, 6) is -0.948. The second-order valence-electron chi connectivity index (χ2n) is 6.36. The third-order valence-corrected chi connectivity index (χ3v) is 6.02. The van der Waals surface area contributed by atoms with Gasteiger partial charge in [0.2, 0.25) is 0 Å². The second kappa shape index (κ2) is 5.83. The van der Waals surface area contributed by atoms with E-state index in [1.54, 1.807) is 6.92 Å². The largest absolute Gasteiger partial charge is 0.481 e. The lowest BCUT2D eigenvalue weighted by Crippen LogP contribution is -2.56. The van der Waals surface area contributed by atoms with Crippen LogP contribution in [0.3, 0.4) is 0 Å². The summed E-state index contributed by atoms with van der Waals surface area (Å²) in [6.45, 7) is 5.84. The Kier molecular flexibility index (Phi) is 4.63. The smallest absolute Gasteiger partial charge is 0.310 e. The lowest BCUT2D eigenvalue weighted by atomic mass is 9.85. The first-order chi connectivity index (χ1) is 9.65. The van der Waals surface area contributed by atoms with Gasteiger partial charge in [-0.1, -0.05) is 6.42 Å². The number of hydrogen-bond acceptors (Lipinski definition) is 4. The predicted octanol–water partition coefficient (Wildman–Crippen LogP) is 0.573. The Morgan fingerprint density at radius 1 is 1.33 bits per heavy atom. The summed E-state index contributed by atoms with van der Waals surface area (Å²) >= 11 is 0. The van der Waals surface area contributed by atoms with Crippen LogP contribution in [-0.2, 0) is 19.7 Å². The lowest BCUT2D eigenvalue weighted by Gasteiger charge is -2.36. The number of rotatable bonds is 4. The Morgan fingerprint density at radius 2 is 1.90 bits per heavy atom. The maximum Gasteiger partial charge on any atom is 0.310 e. The van der Waals surface area contributed by atoms with Gasteiger partial charge in [-0.05, 0) is 33.6 Å². The number of morpholine rings is 1. The van der Waals surface area contributed by atoms with Crippen molar-refractivity contribution < 1.29 is 23.1 Å². The van der Waals surface area contributed by atoms with Crippen molar-refractivity contribution >= 4 is 16.2 Å². The highest BCUT2D eigenvalue weighted by Gasteiger charge is 2.47. The van der Waals surface area contributed by atoms with Crippen LogP contribution in [0.2, 0.25) is 0 Å². The molecule has 0 bridgehead atoms. The summed E-state index contributed by atoms with van der Waals surface area (Å²) in [6, 6.07) is -0.562. The molecular weight excluding hydrogens is 296 g/mol. The van der Waals surface area contributed by atoms with E-state index in [1.807, 2.05) is 13.8 Å². The van der Waals surface area contributed by atoms with Crippen molar-refractivity contribution in [2.45, 2.75) is 58.3 Å². The van der Waals surface area contributed by atoms with E-state index in [4.69, 9.17) is 4.74 Å². The third kappa shape index (κ3) is 3.39. The number of nitrogens with one attached hydrogen (secondary N) is 1. The standard InChI is InChI=1S/C13H24N2O5S/c1-9-7-15(8-10(2)20-9)21(18,19)14-11-5-4-6-13(11,3)12(16)17/h9-11,14H,4-8H2,1-3H3,(H,16,17). The molecule has 0 aromatic heterocycles. The highest BCUT2D eigenvalue weighted by molar-refractivity contribution is 7.87. The molecule has 21 heavy (non-hydrogen) atoms. The van der Waals surface area contributed by atoms with Crippen LogP contribution < -0.4 is 4.72 Å². The van der Waals surface area contributed by atoms with Crippen LogP contribution in [0.25, 0.3) is 0 Å². The summed E-state index contributed by atoms with van der Waals surface area (Å²) < 4.78 is 34.5. The molecule has 8 heteroatoms. The zero-order valence-electron chi connectivity index (χ0n) is 12.7. The van der Waals surface area contributed by atoms with Gasteiger partial charge in [-0.15, -0.1) is 0 Å². The topological polar surface area (TPSA) is 95.9 Å². The molecule has 2 rings (SSSR count). The molecular formula is C13H24N2O5S. The van der Waals surface area contributed by atoms with E-state index in [2.05, 4.69) is 4.72 Å². The molecule has 1 aliphatic heterocycles. The minimum absolute atomic E-state index is 0.167. The van der Waals surface area contributed by atoms with Crippen molar-refractivity contribution in [2.75, 3.05) is 13.1 Å². The van der Waals surface area contributed by atoms with Crippen LogP contribution in [0.4, 0.5) is 0 Å². The molecule has 1 saturated heterocycles. The van der Waals surface area contributed by atoms with Crippen LogP contribution in [0.5, 0.6) is 0 Å². The molecule has 122 valence electrons. The number of carbonyl (C=O) groups is 1. The number of aliphatic carboxylic acids is 1. The quantitative estimate of drug-likeness (QED) is 0.789. The molecule has 0 amide bonds. The fourth-order valence-corrected chi connectivity index (χ4v) is 4.89. The second-order valence-corrected chi connectivity index (χ2v) is 8.07. The van der Waals surface area contributed by atoms with Crippen molar-refractivity contribution in [3.8, 4) is 0 Å². The first-order valence-electron chi connectivity index (χ1n) is 7.31. The average molecular weight is 320 g/mol. The van der Waals surface area contributed by atoms with E-state index in [0.717, 1.165) is 0 Å². The Hall–Kier alpha value is -0.700. The summed E-state index contributed by atoms with van der Waals surface area (Å²) in [7, 11) is -3.70. The van der Waals surface area contributed by atoms with Gasteiger partial charge in [-0.25, -0.2) is 0 Å². The average Bonchev–Trinajstić information content (AvgIpc) is 2.70. The molecule has 0 aromatic carbocycles. The highest BCUT2D eigenvalue weighted by atomic mass is 32.2. The number of nitrogens with zero attached hydrogens (tertiary/aromatic N) is 1. The normalized spacial score (nSPS) is 38.5. The maximum atomic E-state index is 12.5. The Bertz CT molecular complexity index is 499. The lowest BCUT2D eigenvalue weighted by molar-refractivity contribution is -0.148. The molecule has 4 unspecified atom stereocenters. The number of ether oxygens (including phenoxy) is 1. The van der Waals surface area contributed by atoms with Crippen LogP contribution in [-0.4, -0.2) is 55.1 Å². The van der Waals surface area contributed by atoms with Gasteiger partial charge in [0.25, 0.3) is 10.2 Å². The minimum Gasteiger partial charge on any atom is -0.481 e.